The Bertz CT molecular complexity index is 1190. The largest absolute Gasteiger partial charge is 0.326 e. The molecule has 0 unspecified atom stereocenters. The number of para-hydroxylation sites is 1. The molecule has 0 aromatic heterocycles. The van der Waals surface area contributed by atoms with Crippen LogP contribution in [0.1, 0.15) is 24.0 Å². The van der Waals surface area contributed by atoms with Crippen molar-refractivity contribution in [2.24, 2.45) is 5.92 Å². The highest BCUT2D eigenvalue weighted by atomic mass is 32.2. The van der Waals surface area contributed by atoms with Gasteiger partial charge in [-0.3, -0.25) is 4.79 Å². The predicted octanol–water partition coefficient (Wildman–Crippen LogP) is 4.46. The SMILES string of the molecule is O=C(Nc1ccccc1Cc1ccccc1)C1CCN(S(=O)(=O)c2ccccc2F)CC1. The lowest BCUT2D eigenvalue weighted by Gasteiger charge is -2.30. The van der Waals surface area contributed by atoms with Gasteiger partial charge < -0.3 is 5.32 Å². The third-order valence-corrected chi connectivity index (χ3v) is 7.72. The summed E-state index contributed by atoms with van der Waals surface area (Å²) < 4.78 is 40.8. The molecule has 0 radical (unpaired) electrons. The second-order valence-electron chi connectivity index (χ2n) is 7.92. The molecule has 0 saturated carbocycles. The van der Waals surface area contributed by atoms with E-state index in [9.17, 15) is 17.6 Å². The fourth-order valence-electron chi connectivity index (χ4n) is 4.00. The second kappa shape index (κ2) is 9.63. The Balaban J connectivity index is 1.40. The zero-order chi connectivity index (χ0) is 22.6. The van der Waals surface area contributed by atoms with E-state index in [2.05, 4.69) is 5.32 Å². The van der Waals surface area contributed by atoms with E-state index < -0.39 is 15.8 Å². The third-order valence-electron chi connectivity index (χ3n) is 5.79. The number of hydrogen-bond donors (Lipinski definition) is 1. The van der Waals surface area contributed by atoms with Crippen LogP contribution in [0, 0.1) is 11.7 Å². The average Bonchev–Trinajstić information content (AvgIpc) is 2.81. The van der Waals surface area contributed by atoms with Crippen LogP contribution < -0.4 is 5.32 Å². The van der Waals surface area contributed by atoms with Crippen LogP contribution in [0.15, 0.2) is 83.8 Å². The minimum atomic E-state index is -3.92. The molecular formula is C25H25FN2O3S. The van der Waals surface area contributed by atoms with Crippen molar-refractivity contribution in [2.45, 2.75) is 24.2 Å². The number of piperidine rings is 1. The lowest BCUT2D eigenvalue weighted by molar-refractivity contribution is -0.120. The van der Waals surface area contributed by atoms with Gasteiger partial charge in [-0.05, 0) is 48.6 Å². The number of carbonyl (C=O) groups is 1. The van der Waals surface area contributed by atoms with Crippen LogP contribution in [-0.2, 0) is 21.2 Å². The lowest BCUT2D eigenvalue weighted by Crippen LogP contribution is -2.41. The van der Waals surface area contributed by atoms with Crippen molar-refractivity contribution in [3.63, 3.8) is 0 Å². The minimum Gasteiger partial charge on any atom is -0.326 e. The fraction of sp³-hybridized carbons (Fsp3) is 0.240. The molecule has 1 amide bonds. The topological polar surface area (TPSA) is 66.5 Å². The van der Waals surface area contributed by atoms with Crippen LogP contribution in [0.4, 0.5) is 10.1 Å². The third kappa shape index (κ3) is 4.89. The van der Waals surface area contributed by atoms with Crippen molar-refractivity contribution in [3.05, 3.63) is 95.8 Å². The maximum atomic E-state index is 14.0. The Kier molecular flexibility index (Phi) is 6.67. The van der Waals surface area contributed by atoms with E-state index in [1.807, 2.05) is 54.6 Å². The maximum Gasteiger partial charge on any atom is 0.245 e. The van der Waals surface area contributed by atoms with Gasteiger partial charge in [-0.25, -0.2) is 12.8 Å². The first-order valence-electron chi connectivity index (χ1n) is 10.6. The molecule has 0 spiro atoms. The van der Waals surface area contributed by atoms with E-state index in [-0.39, 0.29) is 29.8 Å². The van der Waals surface area contributed by atoms with E-state index in [0.717, 1.165) is 22.9 Å². The molecule has 1 fully saturated rings. The molecule has 0 aliphatic carbocycles. The van der Waals surface area contributed by atoms with Crippen molar-refractivity contribution >= 4 is 21.6 Å². The van der Waals surface area contributed by atoms with Crippen LogP contribution in [0.3, 0.4) is 0 Å². The van der Waals surface area contributed by atoms with Crippen LogP contribution in [0.25, 0.3) is 0 Å². The summed E-state index contributed by atoms with van der Waals surface area (Å²) in [4.78, 5) is 12.6. The van der Waals surface area contributed by atoms with Gasteiger partial charge in [0.2, 0.25) is 15.9 Å². The number of nitrogens with zero attached hydrogens (tertiary/aromatic N) is 1. The first-order valence-corrected chi connectivity index (χ1v) is 12.1. The number of rotatable bonds is 6. The molecule has 3 aromatic carbocycles. The highest BCUT2D eigenvalue weighted by Crippen LogP contribution is 2.27. The average molecular weight is 453 g/mol. The molecule has 3 aromatic rings. The van der Waals surface area contributed by atoms with Gasteiger partial charge >= 0.3 is 0 Å². The van der Waals surface area contributed by atoms with Crippen molar-refractivity contribution in [1.82, 2.24) is 4.31 Å². The zero-order valence-electron chi connectivity index (χ0n) is 17.6. The number of carbonyl (C=O) groups excluding carboxylic acids is 1. The van der Waals surface area contributed by atoms with Gasteiger partial charge in [-0.1, -0.05) is 60.7 Å². The monoisotopic (exact) mass is 452 g/mol. The molecule has 1 heterocycles. The van der Waals surface area contributed by atoms with Gasteiger partial charge in [0.1, 0.15) is 10.7 Å². The molecule has 1 saturated heterocycles. The van der Waals surface area contributed by atoms with Gasteiger partial charge in [0.25, 0.3) is 0 Å². The summed E-state index contributed by atoms with van der Waals surface area (Å²) >= 11 is 0. The molecule has 0 atom stereocenters. The Labute approximate surface area is 187 Å². The highest BCUT2D eigenvalue weighted by molar-refractivity contribution is 7.89. The standard InChI is InChI=1S/C25H25FN2O3S/c26-22-11-5-7-13-24(22)32(30,31)28-16-14-20(15-17-28)25(29)27-23-12-6-4-10-21(23)18-19-8-2-1-3-9-19/h1-13,20H,14-18H2,(H,27,29). The van der Waals surface area contributed by atoms with Gasteiger partial charge in [-0.15, -0.1) is 0 Å². The second-order valence-corrected chi connectivity index (χ2v) is 9.82. The molecule has 1 aliphatic rings. The quantitative estimate of drug-likeness (QED) is 0.601. The number of halogens is 1. The van der Waals surface area contributed by atoms with Crippen molar-refractivity contribution < 1.29 is 17.6 Å². The lowest BCUT2D eigenvalue weighted by atomic mass is 9.96. The summed E-state index contributed by atoms with van der Waals surface area (Å²) in [6.07, 6.45) is 1.48. The molecule has 166 valence electrons. The Morgan fingerprint density at radius 1 is 0.906 bits per heavy atom. The van der Waals surface area contributed by atoms with Gasteiger partial charge in [-0.2, -0.15) is 4.31 Å². The van der Waals surface area contributed by atoms with Crippen LogP contribution >= 0.6 is 0 Å². The molecular weight excluding hydrogens is 427 g/mol. The number of anilines is 1. The molecule has 7 heteroatoms. The molecule has 32 heavy (non-hydrogen) atoms. The summed E-state index contributed by atoms with van der Waals surface area (Å²) in [7, 11) is -3.92. The summed E-state index contributed by atoms with van der Waals surface area (Å²) in [5, 5.41) is 3.03. The molecule has 4 rings (SSSR count). The Morgan fingerprint density at radius 2 is 1.53 bits per heavy atom. The van der Waals surface area contributed by atoms with E-state index >= 15 is 0 Å². The fourth-order valence-corrected chi connectivity index (χ4v) is 5.53. The first kappa shape index (κ1) is 22.2. The van der Waals surface area contributed by atoms with Crippen molar-refractivity contribution in [1.29, 1.82) is 0 Å². The van der Waals surface area contributed by atoms with E-state index in [1.54, 1.807) is 0 Å². The Hall–Kier alpha value is -3.03. The number of hydrogen-bond acceptors (Lipinski definition) is 3. The van der Waals surface area contributed by atoms with Crippen LogP contribution in [0.5, 0.6) is 0 Å². The number of sulfonamides is 1. The predicted molar refractivity (Wildman–Crippen MR) is 122 cm³/mol. The zero-order valence-corrected chi connectivity index (χ0v) is 18.4. The maximum absolute atomic E-state index is 14.0. The Morgan fingerprint density at radius 3 is 2.25 bits per heavy atom. The number of amides is 1. The summed E-state index contributed by atoms with van der Waals surface area (Å²) in [6, 6.07) is 23.1. The van der Waals surface area contributed by atoms with E-state index in [4.69, 9.17) is 0 Å². The van der Waals surface area contributed by atoms with Gasteiger partial charge in [0, 0.05) is 24.7 Å². The first-order chi connectivity index (χ1) is 15.4. The summed E-state index contributed by atoms with van der Waals surface area (Å²) in [5.74, 6) is -1.18. The molecule has 0 bridgehead atoms. The van der Waals surface area contributed by atoms with Crippen LogP contribution in [-0.4, -0.2) is 31.7 Å². The van der Waals surface area contributed by atoms with Gasteiger partial charge in [0.05, 0.1) is 0 Å². The molecule has 1 N–H and O–H groups in total. The van der Waals surface area contributed by atoms with Crippen molar-refractivity contribution in [3.8, 4) is 0 Å². The number of benzene rings is 3. The normalized spacial score (nSPS) is 15.4. The van der Waals surface area contributed by atoms with Crippen molar-refractivity contribution in [2.75, 3.05) is 18.4 Å². The molecule has 1 aliphatic heterocycles. The van der Waals surface area contributed by atoms with E-state index in [1.165, 1.54) is 22.5 Å². The smallest absolute Gasteiger partial charge is 0.245 e. The summed E-state index contributed by atoms with van der Waals surface area (Å²) in [5.41, 5.74) is 2.94. The van der Waals surface area contributed by atoms with Gasteiger partial charge in [0.15, 0.2) is 0 Å². The molecule has 5 nitrogen and oxygen atoms in total. The van der Waals surface area contributed by atoms with Crippen LogP contribution in [0.2, 0.25) is 0 Å². The highest BCUT2D eigenvalue weighted by Gasteiger charge is 2.33. The summed E-state index contributed by atoms with van der Waals surface area (Å²) in [6.45, 7) is 0.362. The minimum absolute atomic E-state index is 0.117. The van der Waals surface area contributed by atoms with E-state index in [0.29, 0.717) is 19.3 Å². The number of nitrogens with one attached hydrogen (secondary N) is 1.